The van der Waals surface area contributed by atoms with Crippen LogP contribution in [0.25, 0.3) is 0 Å². The Hall–Kier alpha value is -1.91. The van der Waals surface area contributed by atoms with Crippen LogP contribution in [0.1, 0.15) is 23.2 Å². The zero-order chi connectivity index (χ0) is 12.3. The van der Waals surface area contributed by atoms with Crippen LogP contribution >= 0.6 is 0 Å². The van der Waals surface area contributed by atoms with Gasteiger partial charge in [-0.3, -0.25) is 0 Å². The molecule has 0 spiro atoms. The zero-order valence-corrected chi connectivity index (χ0v) is 9.56. The van der Waals surface area contributed by atoms with E-state index in [1.807, 2.05) is 0 Å². The van der Waals surface area contributed by atoms with Crippen molar-refractivity contribution in [2.75, 3.05) is 20.3 Å². The predicted octanol–water partition coefficient (Wildman–Crippen LogP) is 1.94. The SMILES string of the molecule is COc1ccc(C(=O)O)c2c1OCCCCO2. The third kappa shape index (κ3) is 2.27. The van der Waals surface area contributed by atoms with Gasteiger partial charge in [0.15, 0.2) is 11.5 Å². The summed E-state index contributed by atoms with van der Waals surface area (Å²) in [6.07, 6.45) is 1.72. The maximum absolute atomic E-state index is 11.1. The van der Waals surface area contributed by atoms with Crippen LogP contribution in [0.2, 0.25) is 0 Å². The number of carboxylic acid groups (broad SMARTS) is 1. The van der Waals surface area contributed by atoms with Crippen LogP contribution in [0, 0.1) is 0 Å². The fourth-order valence-electron chi connectivity index (χ4n) is 1.71. The molecule has 0 saturated carbocycles. The monoisotopic (exact) mass is 238 g/mol. The Bertz CT molecular complexity index is 427. The molecule has 1 aromatic rings. The smallest absolute Gasteiger partial charge is 0.339 e. The van der Waals surface area contributed by atoms with Gasteiger partial charge < -0.3 is 19.3 Å². The summed E-state index contributed by atoms with van der Waals surface area (Å²) in [4.78, 5) is 11.1. The summed E-state index contributed by atoms with van der Waals surface area (Å²) in [6.45, 7) is 1.03. The quantitative estimate of drug-likeness (QED) is 0.853. The average Bonchev–Trinajstić information content (AvgIpc) is 2.28. The maximum Gasteiger partial charge on any atom is 0.339 e. The summed E-state index contributed by atoms with van der Waals surface area (Å²) in [7, 11) is 1.51. The standard InChI is InChI=1S/C12H14O5/c1-15-9-5-4-8(12(13)14)10-11(9)17-7-3-2-6-16-10/h4-5H,2-3,6-7H2,1H3,(H,13,14). The molecule has 0 aromatic heterocycles. The topological polar surface area (TPSA) is 65.0 Å². The Kier molecular flexibility index (Phi) is 3.37. The highest BCUT2D eigenvalue weighted by Gasteiger charge is 2.22. The van der Waals surface area contributed by atoms with Gasteiger partial charge in [-0.15, -0.1) is 0 Å². The van der Waals surface area contributed by atoms with Crippen LogP contribution in [0.4, 0.5) is 0 Å². The maximum atomic E-state index is 11.1. The molecule has 0 radical (unpaired) electrons. The summed E-state index contributed by atoms with van der Waals surface area (Å²) < 4.78 is 16.2. The van der Waals surface area contributed by atoms with E-state index in [4.69, 9.17) is 19.3 Å². The molecule has 0 unspecified atom stereocenters. The van der Waals surface area contributed by atoms with Crippen molar-refractivity contribution in [2.24, 2.45) is 0 Å². The number of rotatable bonds is 2. The van der Waals surface area contributed by atoms with Crippen LogP contribution < -0.4 is 14.2 Å². The van der Waals surface area contributed by atoms with Gasteiger partial charge in [0.25, 0.3) is 0 Å². The zero-order valence-electron chi connectivity index (χ0n) is 9.56. The molecule has 0 aliphatic carbocycles. The second-order valence-electron chi connectivity index (χ2n) is 3.68. The molecule has 5 heteroatoms. The Labute approximate surface area is 98.9 Å². The van der Waals surface area contributed by atoms with Crippen LogP contribution in [0.5, 0.6) is 17.2 Å². The van der Waals surface area contributed by atoms with Gasteiger partial charge in [0.05, 0.1) is 20.3 Å². The van der Waals surface area contributed by atoms with Crippen molar-refractivity contribution in [3.8, 4) is 17.2 Å². The second kappa shape index (κ2) is 4.95. The van der Waals surface area contributed by atoms with Gasteiger partial charge in [0, 0.05) is 0 Å². The van der Waals surface area contributed by atoms with Gasteiger partial charge in [-0.1, -0.05) is 0 Å². The van der Waals surface area contributed by atoms with Crippen LogP contribution in [-0.4, -0.2) is 31.4 Å². The summed E-state index contributed by atoms with van der Waals surface area (Å²) >= 11 is 0. The Morgan fingerprint density at radius 1 is 1.24 bits per heavy atom. The third-order valence-electron chi connectivity index (χ3n) is 2.56. The molecule has 92 valence electrons. The van der Waals surface area contributed by atoms with Crippen LogP contribution in [0.15, 0.2) is 12.1 Å². The molecule has 0 saturated heterocycles. The first-order valence-electron chi connectivity index (χ1n) is 5.44. The molecule has 1 aromatic carbocycles. The number of ether oxygens (including phenoxy) is 3. The molecule has 5 nitrogen and oxygen atoms in total. The van der Waals surface area contributed by atoms with E-state index in [-0.39, 0.29) is 11.3 Å². The molecule has 17 heavy (non-hydrogen) atoms. The van der Waals surface area contributed by atoms with Crippen molar-refractivity contribution < 1.29 is 24.1 Å². The number of benzene rings is 1. The molecular weight excluding hydrogens is 224 g/mol. The van der Waals surface area contributed by atoms with E-state index >= 15 is 0 Å². The number of hydrogen-bond acceptors (Lipinski definition) is 4. The van der Waals surface area contributed by atoms with Crippen LogP contribution in [0.3, 0.4) is 0 Å². The molecule has 2 rings (SSSR count). The minimum absolute atomic E-state index is 0.0997. The fraction of sp³-hybridized carbons (Fsp3) is 0.417. The Balaban J connectivity index is 2.52. The number of carboxylic acids is 1. The van der Waals surface area contributed by atoms with E-state index in [0.717, 1.165) is 12.8 Å². The fourth-order valence-corrected chi connectivity index (χ4v) is 1.71. The first-order chi connectivity index (χ1) is 8.24. The molecule has 1 aliphatic rings. The van der Waals surface area contributed by atoms with Gasteiger partial charge >= 0.3 is 5.97 Å². The second-order valence-corrected chi connectivity index (χ2v) is 3.68. The van der Waals surface area contributed by atoms with E-state index in [9.17, 15) is 4.79 Å². The molecule has 0 amide bonds. The summed E-state index contributed by atoms with van der Waals surface area (Å²) in [5, 5.41) is 9.09. The third-order valence-corrected chi connectivity index (χ3v) is 2.56. The molecular formula is C12H14O5. The molecule has 1 N–H and O–H groups in total. The lowest BCUT2D eigenvalue weighted by Crippen LogP contribution is -2.12. The van der Waals surface area contributed by atoms with Crippen molar-refractivity contribution in [1.82, 2.24) is 0 Å². The summed E-state index contributed by atoms with van der Waals surface area (Å²) in [5.74, 6) is 0.101. The molecule has 1 heterocycles. The van der Waals surface area contributed by atoms with Crippen molar-refractivity contribution >= 4 is 5.97 Å². The van der Waals surface area contributed by atoms with Crippen molar-refractivity contribution in [2.45, 2.75) is 12.8 Å². The van der Waals surface area contributed by atoms with E-state index in [0.29, 0.717) is 24.7 Å². The van der Waals surface area contributed by atoms with Crippen molar-refractivity contribution in [1.29, 1.82) is 0 Å². The first-order valence-corrected chi connectivity index (χ1v) is 5.44. The van der Waals surface area contributed by atoms with E-state index < -0.39 is 5.97 Å². The van der Waals surface area contributed by atoms with Gasteiger partial charge in [0.1, 0.15) is 5.56 Å². The van der Waals surface area contributed by atoms with Gasteiger partial charge in [-0.25, -0.2) is 4.79 Å². The average molecular weight is 238 g/mol. The van der Waals surface area contributed by atoms with E-state index in [1.54, 1.807) is 6.07 Å². The van der Waals surface area contributed by atoms with E-state index in [1.165, 1.54) is 13.2 Å². The highest BCUT2D eigenvalue weighted by Crippen LogP contribution is 2.41. The highest BCUT2D eigenvalue weighted by atomic mass is 16.5. The number of fused-ring (bicyclic) bond motifs is 1. The molecule has 0 atom stereocenters. The van der Waals surface area contributed by atoms with Crippen LogP contribution in [-0.2, 0) is 0 Å². The molecule has 0 fully saturated rings. The molecule has 0 bridgehead atoms. The predicted molar refractivity (Wildman–Crippen MR) is 60.2 cm³/mol. The van der Waals surface area contributed by atoms with Gasteiger partial charge in [-0.2, -0.15) is 0 Å². The van der Waals surface area contributed by atoms with Crippen molar-refractivity contribution in [3.05, 3.63) is 17.7 Å². The summed E-state index contributed by atoms with van der Waals surface area (Å²) in [5.41, 5.74) is 0.0997. The normalized spacial score (nSPS) is 14.6. The Morgan fingerprint density at radius 2 is 1.88 bits per heavy atom. The molecule has 1 aliphatic heterocycles. The van der Waals surface area contributed by atoms with Gasteiger partial charge in [0.2, 0.25) is 5.75 Å². The lowest BCUT2D eigenvalue weighted by atomic mass is 10.1. The minimum Gasteiger partial charge on any atom is -0.493 e. The lowest BCUT2D eigenvalue weighted by molar-refractivity contribution is 0.0690. The van der Waals surface area contributed by atoms with Gasteiger partial charge in [-0.05, 0) is 25.0 Å². The highest BCUT2D eigenvalue weighted by molar-refractivity contribution is 5.92. The number of carbonyl (C=O) groups is 1. The first kappa shape index (κ1) is 11.6. The number of aromatic carboxylic acids is 1. The Morgan fingerprint density at radius 3 is 2.47 bits per heavy atom. The number of methoxy groups -OCH3 is 1. The number of hydrogen-bond donors (Lipinski definition) is 1. The largest absolute Gasteiger partial charge is 0.493 e. The minimum atomic E-state index is -1.03. The van der Waals surface area contributed by atoms with Crippen molar-refractivity contribution in [3.63, 3.8) is 0 Å². The summed E-state index contributed by atoms with van der Waals surface area (Å²) in [6, 6.07) is 3.04. The van der Waals surface area contributed by atoms with E-state index in [2.05, 4.69) is 0 Å². The lowest BCUT2D eigenvalue weighted by Gasteiger charge is -2.19.